The summed E-state index contributed by atoms with van der Waals surface area (Å²) in [5.74, 6) is 0. The number of anilines is 1. The van der Waals surface area contributed by atoms with Crippen LogP contribution < -0.4 is 5.73 Å². The van der Waals surface area contributed by atoms with E-state index in [1.165, 1.54) is 6.20 Å². The van der Waals surface area contributed by atoms with Crippen LogP contribution in [0, 0.1) is 18.3 Å². The molecule has 5 heteroatoms. The van der Waals surface area contributed by atoms with Crippen molar-refractivity contribution in [3.8, 4) is 6.07 Å². The number of halogens is 2. The lowest BCUT2D eigenvalue weighted by Gasteiger charge is -2.07. The molecule has 0 aliphatic carbocycles. The highest BCUT2D eigenvalue weighted by Crippen LogP contribution is 2.28. The summed E-state index contributed by atoms with van der Waals surface area (Å²) in [7, 11) is 0. The number of nitriles is 1. The lowest BCUT2D eigenvalue weighted by Crippen LogP contribution is -2.03. The van der Waals surface area contributed by atoms with Gasteiger partial charge >= 0.3 is 0 Å². The molecule has 1 rings (SSSR count). The van der Waals surface area contributed by atoms with Crippen LogP contribution in [0.2, 0.25) is 0 Å². The zero-order valence-electron chi connectivity index (χ0n) is 6.88. The van der Waals surface area contributed by atoms with E-state index in [0.29, 0.717) is 5.56 Å². The molecule has 0 saturated carbocycles. The number of nitrogens with two attached hydrogens (primary N) is 1. The van der Waals surface area contributed by atoms with E-state index in [0.717, 1.165) is 0 Å². The Morgan fingerprint density at radius 2 is 2.23 bits per heavy atom. The normalized spacial score (nSPS) is 10.1. The largest absolute Gasteiger partial charge is 0.398 e. The van der Waals surface area contributed by atoms with Gasteiger partial charge in [0, 0.05) is 11.9 Å². The number of nitrogen functional groups attached to an aromatic ring is 1. The minimum Gasteiger partial charge on any atom is -0.398 e. The first-order valence-corrected chi connectivity index (χ1v) is 3.51. The van der Waals surface area contributed by atoms with Crippen LogP contribution in [0.4, 0.5) is 14.5 Å². The summed E-state index contributed by atoms with van der Waals surface area (Å²) in [6.07, 6.45) is -1.46. The number of alkyl halides is 2. The molecule has 0 aliphatic rings. The van der Waals surface area contributed by atoms with Crippen LogP contribution in [0.3, 0.4) is 0 Å². The van der Waals surface area contributed by atoms with Crippen LogP contribution in [-0.2, 0) is 0 Å². The molecule has 68 valence electrons. The number of pyridine rings is 1. The second kappa shape index (κ2) is 3.35. The molecular formula is C8H7F2N3. The highest BCUT2D eigenvalue weighted by atomic mass is 19.3. The molecule has 0 radical (unpaired) electrons. The first-order chi connectivity index (χ1) is 6.07. The Bertz CT molecular complexity index is 368. The van der Waals surface area contributed by atoms with Gasteiger partial charge in [-0.25, -0.2) is 13.8 Å². The van der Waals surface area contributed by atoms with Gasteiger partial charge in [-0.15, -0.1) is 0 Å². The third-order valence-corrected chi connectivity index (χ3v) is 1.68. The van der Waals surface area contributed by atoms with Crippen molar-refractivity contribution in [3.05, 3.63) is 23.0 Å². The molecule has 13 heavy (non-hydrogen) atoms. The monoisotopic (exact) mass is 183 g/mol. The van der Waals surface area contributed by atoms with Gasteiger partial charge in [0.15, 0.2) is 5.69 Å². The van der Waals surface area contributed by atoms with Crippen molar-refractivity contribution in [2.45, 2.75) is 13.3 Å². The van der Waals surface area contributed by atoms with E-state index in [9.17, 15) is 8.78 Å². The highest BCUT2D eigenvalue weighted by Gasteiger charge is 2.18. The minimum absolute atomic E-state index is 0.0541. The number of hydrogen-bond acceptors (Lipinski definition) is 3. The molecule has 1 aromatic heterocycles. The topological polar surface area (TPSA) is 62.7 Å². The number of hydrogen-bond donors (Lipinski definition) is 1. The van der Waals surface area contributed by atoms with E-state index in [1.54, 1.807) is 13.0 Å². The SMILES string of the molecule is Cc1cnc(C#N)c(C(F)F)c1N. The van der Waals surface area contributed by atoms with Gasteiger partial charge in [0.2, 0.25) is 0 Å². The Balaban J connectivity index is 3.43. The average Bonchev–Trinajstić information content (AvgIpc) is 2.08. The molecule has 1 aromatic rings. The first kappa shape index (κ1) is 9.39. The van der Waals surface area contributed by atoms with E-state index in [2.05, 4.69) is 4.98 Å². The second-order valence-corrected chi connectivity index (χ2v) is 2.53. The molecule has 3 nitrogen and oxygen atoms in total. The van der Waals surface area contributed by atoms with E-state index in [4.69, 9.17) is 11.0 Å². The van der Waals surface area contributed by atoms with Crippen molar-refractivity contribution >= 4 is 5.69 Å². The molecule has 0 fully saturated rings. The van der Waals surface area contributed by atoms with Gasteiger partial charge in [-0.05, 0) is 12.5 Å². The van der Waals surface area contributed by atoms with Gasteiger partial charge in [0.25, 0.3) is 6.43 Å². The highest BCUT2D eigenvalue weighted by molar-refractivity contribution is 5.57. The van der Waals surface area contributed by atoms with E-state index in [1.807, 2.05) is 0 Å². The fourth-order valence-electron chi connectivity index (χ4n) is 0.950. The molecule has 0 aromatic carbocycles. The van der Waals surface area contributed by atoms with Crippen LogP contribution in [-0.4, -0.2) is 4.98 Å². The first-order valence-electron chi connectivity index (χ1n) is 3.51. The summed E-state index contributed by atoms with van der Waals surface area (Å²) in [5, 5.41) is 8.48. The summed E-state index contributed by atoms with van der Waals surface area (Å²) in [5.41, 5.74) is 5.01. The van der Waals surface area contributed by atoms with Crippen LogP contribution in [0.25, 0.3) is 0 Å². The van der Waals surface area contributed by atoms with Crippen molar-refractivity contribution in [2.75, 3.05) is 5.73 Å². The van der Waals surface area contributed by atoms with E-state index in [-0.39, 0.29) is 11.4 Å². The van der Waals surface area contributed by atoms with Crippen LogP contribution >= 0.6 is 0 Å². The van der Waals surface area contributed by atoms with Crippen molar-refractivity contribution in [1.82, 2.24) is 4.98 Å². The molecular weight excluding hydrogens is 176 g/mol. The fraction of sp³-hybridized carbons (Fsp3) is 0.250. The van der Waals surface area contributed by atoms with Gasteiger partial charge in [0.1, 0.15) is 6.07 Å². The summed E-state index contributed by atoms with van der Waals surface area (Å²) >= 11 is 0. The maximum Gasteiger partial charge on any atom is 0.268 e. The van der Waals surface area contributed by atoms with Gasteiger partial charge in [-0.3, -0.25) is 0 Å². The molecule has 0 spiro atoms. The third-order valence-electron chi connectivity index (χ3n) is 1.68. The van der Waals surface area contributed by atoms with Crippen molar-refractivity contribution in [3.63, 3.8) is 0 Å². The minimum atomic E-state index is -2.76. The molecule has 0 bridgehead atoms. The number of aryl methyl sites for hydroxylation is 1. The Morgan fingerprint density at radius 3 is 2.69 bits per heavy atom. The van der Waals surface area contributed by atoms with Gasteiger partial charge < -0.3 is 5.73 Å². The fourth-order valence-corrected chi connectivity index (χ4v) is 0.950. The molecule has 0 saturated heterocycles. The summed E-state index contributed by atoms with van der Waals surface area (Å²) in [6, 6.07) is 1.57. The summed E-state index contributed by atoms with van der Waals surface area (Å²) in [4.78, 5) is 3.56. The summed E-state index contributed by atoms with van der Waals surface area (Å²) in [6.45, 7) is 1.56. The Labute approximate surface area is 73.8 Å². The lowest BCUT2D eigenvalue weighted by atomic mass is 10.1. The van der Waals surface area contributed by atoms with Crippen molar-refractivity contribution in [2.24, 2.45) is 0 Å². The van der Waals surface area contributed by atoms with E-state index < -0.39 is 12.0 Å². The van der Waals surface area contributed by atoms with Gasteiger partial charge in [0.05, 0.1) is 5.56 Å². The summed E-state index contributed by atoms with van der Waals surface area (Å²) < 4.78 is 24.8. The third kappa shape index (κ3) is 1.56. The Kier molecular flexibility index (Phi) is 2.42. The second-order valence-electron chi connectivity index (χ2n) is 2.53. The number of aromatic nitrogens is 1. The Hall–Kier alpha value is -1.70. The predicted octanol–water partition coefficient (Wildman–Crippen LogP) is 1.78. The maximum atomic E-state index is 12.4. The van der Waals surface area contributed by atoms with Gasteiger partial charge in [-0.1, -0.05) is 0 Å². The number of nitrogens with zero attached hydrogens (tertiary/aromatic N) is 2. The lowest BCUT2D eigenvalue weighted by molar-refractivity contribution is 0.151. The zero-order chi connectivity index (χ0) is 10.0. The molecule has 0 aliphatic heterocycles. The molecule has 2 N–H and O–H groups in total. The number of rotatable bonds is 1. The quantitative estimate of drug-likeness (QED) is 0.721. The van der Waals surface area contributed by atoms with Crippen molar-refractivity contribution in [1.29, 1.82) is 5.26 Å². The average molecular weight is 183 g/mol. The Morgan fingerprint density at radius 1 is 1.62 bits per heavy atom. The van der Waals surface area contributed by atoms with Crippen LogP contribution in [0.15, 0.2) is 6.20 Å². The molecule has 0 amide bonds. The standard InChI is InChI=1S/C8H7F2N3/c1-4-3-13-5(2-11)6(7(4)12)8(9)10/h3,8H,1H3,(H2,12,13). The van der Waals surface area contributed by atoms with Crippen LogP contribution in [0.1, 0.15) is 23.2 Å². The van der Waals surface area contributed by atoms with E-state index >= 15 is 0 Å². The molecule has 0 unspecified atom stereocenters. The zero-order valence-corrected chi connectivity index (χ0v) is 6.88. The maximum absolute atomic E-state index is 12.4. The van der Waals surface area contributed by atoms with Gasteiger partial charge in [-0.2, -0.15) is 5.26 Å². The predicted molar refractivity (Wildman–Crippen MR) is 43.1 cm³/mol. The van der Waals surface area contributed by atoms with Crippen molar-refractivity contribution < 1.29 is 8.78 Å². The molecule has 0 atom stereocenters. The molecule has 1 heterocycles. The smallest absolute Gasteiger partial charge is 0.268 e. The van der Waals surface area contributed by atoms with Crippen LogP contribution in [0.5, 0.6) is 0 Å².